The number of carbonyl (C=O) groups excluding carboxylic acids is 1. The maximum Gasteiger partial charge on any atom is 0.352 e. The van der Waals surface area contributed by atoms with Crippen LogP contribution in [0.5, 0.6) is 0 Å². The van der Waals surface area contributed by atoms with Crippen molar-refractivity contribution in [3.05, 3.63) is 23.9 Å². The van der Waals surface area contributed by atoms with E-state index < -0.39 is 11.9 Å². The quantitative estimate of drug-likeness (QED) is 0.590. The average molecular weight is 195 g/mol. The summed E-state index contributed by atoms with van der Waals surface area (Å²) < 4.78 is 0. The van der Waals surface area contributed by atoms with Crippen LogP contribution < -0.4 is 5.32 Å². The fraction of sp³-hybridized carbons (Fsp3) is 0.125. The van der Waals surface area contributed by atoms with Crippen LogP contribution in [0.4, 0.5) is 0 Å². The zero-order valence-corrected chi connectivity index (χ0v) is 7.44. The molecule has 0 atom stereocenters. The van der Waals surface area contributed by atoms with Gasteiger partial charge < -0.3 is 15.4 Å². The lowest BCUT2D eigenvalue weighted by atomic mass is 10.3. The lowest BCUT2D eigenvalue weighted by Crippen LogP contribution is -2.24. The van der Waals surface area contributed by atoms with Crippen LogP contribution in [0, 0.1) is 0 Å². The number of aliphatic carboxylic acids is 1. The Morgan fingerprint density at radius 3 is 2.79 bits per heavy atom. The van der Waals surface area contributed by atoms with Crippen LogP contribution in [0.25, 0.3) is 6.08 Å². The van der Waals surface area contributed by atoms with Gasteiger partial charge in [-0.1, -0.05) is 0 Å². The number of nitrogens with zero attached hydrogens (tertiary/aromatic N) is 1. The van der Waals surface area contributed by atoms with E-state index in [0.717, 1.165) is 0 Å². The highest BCUT2D eigenvalue weighted by atomic mass is 16.4. The van der Waals surface area contributed by atoms with Crippen LogP contribution in [-0.4, -0.2) is 27.0 Å². The lowest BCUT2D eigenvalue weighted by Gasteiger charge is -2.00. The first-order chi connectivity index (χ1) is 6.59. The number of imidazole rings is 1. The second-order valence-electron chi connectivity index (χ2n) is 2.55. The van der Waals surface area contributed by atoms with Crippen molar-refractivity contribution in [1.29, 1.82) is 0 Å². The topological polar surface area (TPSA) is 95.1 Å². The van der Waals surface area contributed by atoms with Crippen molar-refractivity contribution < 1.29 is 14.7 Å². The maximum atomic E-state index is 10.6. The van der Waals surface area contributed by atoms with E-state index in [4.69, 9.17) is 5.11 Å². The monoisotopic (exact) mass is 195 g/mol. The molecule has 0 aliphatic rings. The molecule has 1 heterocycles. The van der Waals surface area contributed by atoms with Crippen LogP contribution in [0.1, 0.15) is 12.6 Å². The molecule has 0 radical (unpaired) electrons. The molecule has 1 rings (SSSR count). The standard InChI is InChI=1S/C8H9N3O3/c1-5(12)11-7(8(13)14)2-6-3-9-4-10-6/h2-4H,1H3,(H,9,10)(H,11,12)(H,13,14)/b7-2-. The minimum Gasteiger partial charge on any atom is -0.477 e. The van der Waals surface area contributed by atoms with E-state index in [0.29, 0.717) is 5.69 Å². The summed E-state index contributed by atoms with van der Waals surface area (Å²) in [6, 6.07) is 0. The van der Waals surface area contributed by atoms with Crippen molar-refractivity contribution in [3.63, 3.8) is 0 Å². The Morgan fingerprint density at radius 1 is 1.64 bits per heavy atom. The van der Waals surface area contributed by atoms with Crippen LogP contribution in [0.3, 0.4) is 0 Å². The van der Waals surface area contributed by atoms with Crippen LogP contribution in [-0.2, 0) is 9.59 Å². The van der Waals surface area contributed by atoms with E-state index in [1.165, 1.54) is 25.5 Å². The summed E-state index contributed by atoms with van der Waals surface area (Å²) in [4.78, 5) is 27.7. The summed E-state index contributed by atoms with van der Waals surface area (Å²) in [7, 11) is 0. The summed E-state index contributed by atoms with van der Waals surface area (Å²) >= 11 is 0. The molecular formula is C8H9N3O3. The van der Waals surface area contributed by atoms with Gasteiger partial charge in [0.15, 0.2) is 0 Å². The number of carbonyl (C=O) groups is 2. The van der Waals surface area contributed by atoms with Crippen LogP contribution in [0.2, 0.25) is 0 Å². The highest BCUT2D eigenvalue weighted by Crippen LogP contribution is 2.00. The number of carboxylic acid groups (broad SMARTS) is 1. The Bertz CT molecular complexity index is 367. The third-order valence-electron chi connectivity index (χ3n) is 1.36. The van der Waals surface area contributed by atoms with Gasteiger partial charge in [-0.05, 0) is 6.08 Å². The zero-order valence-electron chi connectivity index (χ0n) is 7.44. The molecule has 74 valence electrons. The number of rotatable bonds is 3. The molecule has 14 heavy (non-hydrogen) atoms. The van der Waals surface area contributed by atoms with E-state index in [9.17, 15) is 9.59 Å². The van der Waals surface area contributed by atoms with Gasteiger partial charge in [0.05, 0.1) is 18.2 Å². The molecule has 0 aromatic carbocycles. The highest BCUT2D eigenvalue weighted by Gasteiger charge is 2.08. The molecule has 0 spiro atoms. The minimum atomic E-state index is -1.20. The Labute approximate surface area is 79.7 Å². The molecule has 1 aromatic rings. The Balaban J connectivity index is 2.88. The largest absolute Gasteiger partial charge is 0.477 e. The average Bonchev–Trinajstić information content (AvgIpc) is 2.54. The Hall–Kier alpha value is -2.11. The van der Waals surface area contributed by atoms with Crippen molar-refractivity contribution in [2.24, 2.45) is 0 Å². The van der Waals surface area contributed by atoms with E-state index in [-0.39, 0.29) is 5.70 Å². The normalized spacial score (nSPS) is 11.1. The molecule has 1 amide bonds. The Kier molecular flexibility index (Phi) is 3.01. The Morgan fingerprint density at radius 2 is 2.36 bits per heavy atom. The second-order valence-corrected chi connectivity index (χ2v) is 2.55. The molecule has 0 aliphatic carbocycles. The van der Waals surface area contributed by atoms with Crippen molar-refractivity contribution in [2.45, 2.75) is 6.92 Å². The van der Waals surface area contributed by atoms with Crippen LogP contribution >= 0.6 is 0 Å². The van der Waals surface area contributed by atoms with E-state index >= 15 is 0 Å². The molecule has 0 bridgehead atoms. The number of hydrogen-bond donors (Lipinski definition) is 3. The van der Waals surface area contributed by atoms with Crippen molar-refractivity contribution in [3.8, 4) is 0 Å². The van der Waals surface area contributed by atoms with Gasteiger partial charge in [-0.2, -0.15) is 0 Å². The molecule has 1 aromatic heterocycles. The molecule has 0 saturated heterocycles. The third kappa shape index (κ3) is 2.74. The van der Waals surface area contributed by atoms with Gasteiger partial charge in [0, 0.05) is 6.92 Å². The molecule has 6 heteroatoms. The van der Waals surface area contributed by atoms with Gasteiger partial charge in [0.25, 0.3) is 0 Å². The molecule has 6 nitrogen and oxygen atoms in total. The SMILES string of the molecule is CC(=O)N/C(=C\c1cnc[nH]1)C(=O)O. The van der Waals surface area contributed by atoms with Gasteiger partial charge in [-0.3, -0.25) is 4.79 Å². The summed E-state index contributed by atoms with van der Waals surface area (Å²) in [5.41, 5.74) is 0.318. The van der Waals surface area contributed by atoms with Gasteiger partial charge >= 0.3 is 5.97 Å². The summed E-state index contributed by atoms with van der Waals surface area (Å²) in [5.74, 6) is -1.63. The number of nitrogens with one attached hydrogen (secondary N) is 2. The first kappa shape index (κ1) is 9.97. The van der Waals surface area contributed by atoms with Gasteiger partial charge in [0.2, 0.25) is 5.91 Å². The smallest absolute Gasteiger partial charge is 0.352 e. The highest BCUT2D eigenvalue weighted by molar-refractivity contribution is 5.96. The molecule has 3 N–H and O–H groups in total. The number of aromatic nitrogens is 2. The van der Waals surface area contributed by atoms with Gasteiger partial charge in [0.1, 0.15) is 5.70 Å². The summed E-state index contributed by atoms with van der Waals surface area (Å²) in [6.45, 7) is 1.24. The number of amides is 1. The zero-order chi connectivity index (χ0) is 10.6. The first-order valence-electron chi connectivity index (χ1n) is 3.80. The summed E-state index contributed by atoms with van der Waals surface area (Å²) in [6.07, 6.45) is 4.15. The van der Waals surface area contributed by atoms with Gasteiger partial charge in [-0.15, -0.1) is 0 Å². The first-order valence-corrected chi connectivity index (χ1v) is 3.80. The predicted molar refractivity (Wildman–Crippen MR) is 48.0 cm³/mol. The number of hydrogen-bond acceptors (Lipinski definition) is 3. The maximum absolute atomic E-state index is 10.6. The number of H-pyrrole nitrogens is 1. The molecule has 0 fully saturated rings. The van der Waals surface area contributed by atoms with Crippen molar-refractivity contribution in [2.75, 3.05) is 0 Å². The van der Waals surface area contributed by atoms with Crippen molar-refractivity contribution >= 4 is 18.0 Å². The molecule has 0 unspecified atom stereocenters. The molecular weight excluding hydrogens is 186 g/mol. The minimum absolute atomic E-state index is 0.193. The fourth-order valence-corrected chi connectivity index (χ4v) is 0.842. The molecule has 0 aliphatic heterocycles. The predicted octanol–water partition coefficient (Wildman–Crippen LogP) is -0.0287. The summed E-state index contributed by atoms with van der Waals surface area (Å²) in [5, 5.41) is 10.9. The number of carboxylic acids is 1. The number of aromatic amines is 1. The second kappa shape index (κ2) is 4.22. The van der Waals surface area contributed by atoms with E-state index in [2.05, 4.69) is 15.3 Å². The fourth-order valence-electron chi connectivity index (χ4n) is 0.842. The van der Waals surface area contributed by atoms with Gasteiger partial charge in [-0.25, -0.2) is 9.78 Å². The van der Waals surface area contributed by atoms with Crippen molar-refractivity contribution in [1.82, 2.24) is 15.3 Å². The van der Waals surface area contributed by atoms with E-state index in [1.54, 1.807) is 0 Å². The van der Waals surface area contributed by atoms with Crippen LogP contribution in [0.15, 0.2) is 18.2 Å². The molecule has 0 saturated carbocycles. The third-order valence-corrected chi connectivity index (χ3v) is 1.36. The lowest BCUT2D eigenvalue weighted by molar-refractivity contribution is -0.134. The van der Waals surface area contributed by atoms with E-state index in [1.807, 2.05) is 0 Å².